The van der Waals surface area contributed by atoms with Crippen molar-refractivity contribution >= 4 is 0 Å². The van der Waals surface area contributed by atoms with E-state index in [0.29, 0.717) is 12.0 Å². The summed E-state index contributed by atoms with van der Waals surface area (Å²) < 4.78 is 0. The van der Waals surface area contributed by atoms with E-state index in [9.17, 15) is 0 Å². The van der Waals surface area contributed by atoms with Crippen molar-refractivity contribution < 1.29 is 0 Å². The van der Waals surface area contributed by atoms with Crippen LogP contribution in [0.15, 0.2) is 12.1 Å². The lowest BCUT2D eigenvalue weighted by Gasteiger charge is -2.25. The van der Waals surface area contributed by atoms with Crippen molar-refractivity contribution in [2.75, 3.05) is 7.05 Å². The van der Waals surface area contributed by atoms with Crippen LogP contribution in [-0.4, -0.2) is 12.0 Å². The van der Waals surface area contributed by atoms with Crippen LogP contribution in [0.4, 0.5) is 0 Å². The van der Waals surface area contributed by atoms with Gasteiger partial charge in [0.15, 0.2) is 0 Å². The molecule has 0 saturated heterocycles. The highest BCUT2D eigenvalue weighted by Gasteiger charge is 2.19. The molecule has 1 heterocycles. The van der Waals surface area contributed by atoms with Crippen molar-refractivity contribution in [3.8, 4) is 0 Å². The SMILES string of the molecule is CCC(CC)C(NC)c1cc(C)nc(C)c1. The molecule has 0 aliphatic carbocycles. The smallest absolute Gasteiger partial charge is 0.0379 e. The fourth-order valence-electron chi connectivity index (χ4n) is 2.48. The second kappa shape index (κ2) is 6.00. The fourth-order valence-corrected chi connectivity index (χ4v) is 2.48. The van der Waals surface area contributed by atoms with E-state index < -0.39 is 0 Å². The lowest BCUT2D eigenvalue weighted by Crippen LogP contribution is -2.24. The van der Waals surface area contributed by atoms with Crippen LogP contribution in [0.1, 0.15) is 49.7 Å². The van der Waals surface area contributed by atoms with Gasteiger partial charge in [-0.2, -0.15) is 0 Å². The van der Waals surface area contributed by atoms with Crippen molar-refractivity contribution in [1.82, 2.24) is 10.3 Å². The average molecular weight is 220 g/mol. The van der Waals surface area contributed by atoms with Crippen molar-refractivity contribution in [2.24, 2.45) is 5.92 Å². The van der Waals surface area contributed by atoms with E-state index in [1.165, 1.54) is 18.4 Å². The third-order valence-corrected chi connectivity index (χ3v) is 3.29. The monoisotopic (exact) mass is 220 g/mol. The Labute approximate surface area is 99.5 Å². The number of hydrogen-bond acceptors (Lipinski definition) is 2. The Bertz CT molecular complexity index is 309. The fraction of sp³-hybridized carbons (Fsp3) is 0.643. The first-order valence-electron chi connectivity index (χ1n) is 6.24. The summed E-state index contributed by atoms with van der Waals surface area (Å²) in [4.78, 5) is 4.43. The van der Waals surface area contributed by atoms with Gasteiger partial charge in [0.2, 0.25) is 0 Å². The summed E-state index contributed by atoms with van der Waals surface area (Å²) in [5, 5.41) is 3.45. The third kappa shape index (κ3) is 3.05. The van der Waals surface area contributed by atoms with Gasteiger partial charge < -0.3 is 5.32 Å². The summed E-state index contributed by atoms with van der Waals surface area (Å²) >= 11 is 0. The topological polar surface area (TPSA) is 24.9 Å². The van der Waals surface area contributed by atoms with Gasteiger partial charge in [-0.3, -0.25) is 4.98 Å². The predicted octanol–water partition coefficient (Wildman–Crippen LogP) is 3.40. The molecule has 1 rings (SSSR count). The summed E-state index contributed by atoms with van der Waals surface area (Å²) in [6.45, 7) is 8.66. The molecule has 1 N–H and O–H groups in total. The van der Waals surface area contributed by atoms with Gasteiger partial charge in [-0.1, -0.05) is 26.7 Å². The van der Waals surface area contributed by atoms with E-state index in [0.717, 1.165) is 11.4 Å². The lowest BCUT2D eigenvalue weighted by molar-refractivity contribution is 0.359. The molecule has 0 radical (unpaired) electrons. The molecule has 2 heteroatoms. The number of pyridine rings is 1. The summed E-state index contributed by atoms with van der Waals surface area (Å²) in [6, 6.07) is 4.86. The Kier molecular flexibility index (Phi) is 4.94. The molecule has 1 atom stereocenters. The zero-order valence-electron chi connectivity index (χ0n) is 11.2. The van der Waals surface area contributed by atoms with Crippen LogP contribution in [0.3, 0.4) is 0 Å². The molecular formula is C14H24N2. The zero-order chi connectivity index (χ0) is 12.1. The van der Waals surface area contributed by atoms with Gasteiger partial charge in [0.1, 0.15) is 0 Å². The minimum Gasteiger partial charge on any atom is -0.313 e. The van der Waals surface area contributed by atoms with E-state index in [-0.39, 0.29) is 0 Å². The van der Waals surface area contributed by atoms with Crippen molar-refractivity contribution in [3.05, 3.63) is 29.1 Å². The predicted molar refractivity (Wildman–Crippen MR) is 69.6 cm³/mol. The molecule has 1 unspecified atom stereocenters. The molecule has 0 aliphatic heterocycles. The molecule has 0 spiro atoms. The van der Waals surface area contributed by atoms with E-state index in [1.54, 1.807) is 0 Å². The molecule has 16 heavy (non-hydrogen) atoms. The summed E-state index contributed by atoms with van der Waals surface area (Å²) in [7, 11) is 2.05. The van der Waals surface area contributed by atoms with E-state index >= 15 is 0 Å². The Morgan fingerprint density at radius 1 is 1.12 bits per heavy atom. The molecular weight excluding hydrogens is 196 g/mol. The second-order valence-electron chi connectivity index (χ2n) is 4.53. The Balaban J connectivity index is 3.02. The molecule has 0 amide bonds. The minimum absolute atomic E-state index is 0.454. The highest BCUT2D eigenvalue weighted by molar-refractivity contribution is 5.24. The summed E-state index contributed by atoms with van der Waals surface area (Å²) in [5.41, 5.74) is 3.60. The van der Waals surface area contributed by atoms with Gasteiger partial charge in [0.05, 0.1) is 0 Å². The van der Waals surface area contributed by atoms with Gasteiger partial charge in [-0.05, 0) is 44.5 Å². The quantitative estimate of drug-likeness (QED) is 0.822. The van der Waals surface area contributed by atoms with Crippen LogP contribution in [0, 0.1) is 19.8 Å². The largest absolute Gasteiger partial charge is 0.313 e. The first-order valence-corrected chi connectivity index (χ1v) is 6.24. The van der Waals surface area contributed by atoms with Crippen LogP contribution in [0.2, 0.25) is 0 Å². The number of aryl methyl sites for hydroxylation is 2. The van der Waals surface area contributed by atoms with Gasteiger partial charge in [-0.15, -0.1) is 0 Å². The molecule has 0 bridgehead atoms. The zero-order valence-corrected chi connectivity index (χ0v) is 11.2. The molecule has 1 aromatic heterocycles. The standard InChI is InChI=1S/C14H24N2/c1-6-12(7-2)14(15-5)13-8-10(3)16-11(4)9-13/h8-9,12,14-15H,6-7H2,1-5H3. The third-order valence-electron chi connectivity index (χ3n) is 3.29. The molecule has 2 nitrogen and oxygen atoms in total. The molecule has 90 valence electrons. The van der Waals surface area contributed by atoms with Crippen LogP contribution < -0.4 is 5.32 Å². The number of hydrogen-bond donors (Lipinski definition) is 1. The maximum Gasteiger partial charge on any atom is 0.0379 e. The van der Waals surface area contributed by atoms with Crippen LogP contribution >= 0.6 is 0 Å². The van der Waals surface area contributed by atoms with E-state index in [4.69, 9.17) is 0 Å². The normalized spacial score (nSPS) is 13.1. The first kappa shape index (κ1) is 13.2. The number of aromatic nitrogens is 1. The average Bonchev–Trinajstić information content (AvgIpc) is 2.24. The van der Waals surface area contributed by atoms with Gasteiger partial charge in [0, 0.05) is 17.4 Å². The van der Waals surface area contributed by atoms with Gasteiger partial charge >= 0.3 is 0 Å². The maximum absolute atomic E-state index is 4.43. The number of nitrogens with one attached hydrogen (secondary N) is 1. The molecule has 1 aromatic rings. The summed E-state index contributed by atoms with van der Waals surface area (Å²) in [5.74, 6) is 0.700. The van der Waals surface area contributed by atoms with Crippen LogP contribution in [0.25, 0.3) is 0 Å². The number of nitrogens with zero attached hydrogens (tertiary/aromatic N) is 1. The second-order valence-corrected chi connectivity index (χ2v) is 4.53. The first-order chi connectivity index (χ1) is 7.62. The maximum atomic E-state index is 4.43. The van der Waals surface area contributed by atoms with Crippen molar-refractivity contribution in [2.45, 2.75) is 46.6 Å². The Morgan fingerprint density at radius 2 is 1.62 bits per heavy atom. The van der Waals surface area contributed by atoms with Gasteiger partial charge in [0.25, 0.3) is 0 Å². The Hall–Kier alpha value is -0.890. The number of rotatable bonds is 5. The molecule has 0 saturated carbocycles. The molecule has 0 fully saturated rings. The van der Waals surface area contributed by atoms with Crippen LogP contribution in [-0.2, 0) is 0 Å². The van der Waals surface area contributed by atoms with E-state index in [2.05, 4.69) is 50.1 Å². The highest BCUT2D eigenvalue weighted by Crippen LogP contribution is 2.27. The lowest BCUT2D eigenvalue weighted by atomic mass is 9.89. The van der Waals surface area contributed by atoms with Crippen molar-refractivity contribution in [1.29, 1.82) is 0 Å². The minimum atomic E-state index is 0.454. The van der Waals surface area contributed by atoms with E-state index in [1.807, 2.05) is 7.05 Å². The Morgan fingerprint density at radius 3 is 2.00 bits per heavy atom. The van der Waals surface area contributed by atoms with Crippen LogP contribution in [0.5, 0.6) is 0 Å². The molecule has 0 aromatic carbocycles. The van der Waals surface area contributed by atoms with Crippen molar-refractivity contribution in [3.63, 3.8) is 0 Å². The highest BCUT2D eigenvalue weighted by atomic mass is 14.9. The summed E-state index contributed by atoms with van der Waals surface area (Å²) in [6.07, 6.45) is 2.42. The van der Waals surface area contributed by atoms with Gasteiger partial charge in [-0.25, -0.2) is 0 Å². The molecule has 0 aliphatic rings.